The number of rotatable bonds is 6. The standard InChI is InChI=1S/C26H49N3O/c1-24(2,3)19-10-9-15-29(17-19)18-26(6,7)21-12-8-11-20(27-21)16-25(4,5)22-13-14-23(30)28-22/h19-22,27H,8-18H2,1-7H3,(H,28,30). The van der Waals surface area contributed by atoms with E-state index in [2.05, 4.69) is 64.0 Å². The van der Waals surface area contributed by atoms with E-state index in [0.29, 0.717) is 30.0 Å². The molecule has 2 N–H and O–H groups in total. The Balaban J connectivity index is 1.56. The number of carbonyl (C=O) groups excluding carboxylic acids is 1. The van der Waals surface area contributed by atoms with Gasteiger partial charge in [0, 0.05) is 37.6 Å². The molecule has 3 aliphatic rings. The molecule has 3 saturated heterocycles. The van der Waals surface area contributed by atoms with Crippen LogP contribution in [0.25, 0.3) is 0 Å². The van der Waals surface area contributed by atoms with Crippen LogP contribution in [-0.2, 0) is 4.79 Å². The molecule has 1 amide bonds. The maximum absolute atomic E-state index is 11.7. The molecule has 4 nitrogen and oxygen atoms in total. The summed E-state index contributed by atoms with van der Waals surface area (Å²) >= 11 is 0. The quantitative estimate of drug-likeness (QED) is 0.638. The Kier molecular flexibility index (Phi) is 7.29. The second-order valence-electron chi connectivity index (χ2n) is 13.1. The third-order valence-corrected chi connectivity index (χ3v) is 8.50. The van der Waals surface area contributed by atoms with Crippen LogP contribution in [0.5, 0.6) is 0 Å². The second kappa shape index (κ2) is 9.10. The Morgan fingerprint density at radius 3 is 2.27 bits per heavy atom. The maximum Gasteiger partial charge on any atom is 0.220 e. The van der Waals surface area contributed by atoms with Gasteiger partial charge in [0.1, 0.15) is 0 Å². The van der Waals surface area contributed by atoms with Crippen molar-refractivity contribution in [2.45, 2.75) is 118 Å². The molecule has 3 rings (SSSR count). The topological polar surface area (TPSA) is 44.4 Å². The molecule has 0 radical (unpaired) electrons. The molecule has 3 fully saturated rings. The van der Waals surface area contributed by atoms with E-state index in [0.717, 1.165) is 18.8 Å². The summed E-state index contributed by atoms with van der Waals surface area (Å²) < 4.78 is 0. The molecule has 0 aromatic rings. The Morgan fingerprint density at radius 1 is 0.900 bits per heavy atom. The van der Waals surface area contributed by atoms with E-state index in [1.54, 1.807) is 0 Å². The Hall–Kier alpha value is -0.610. The largest absolute Gasteiger partial charge is 0.353 e. The summed E-state index contributed by atoms with van der Waals surface area (Å²) in [7, 11) is 0. The van der Waals surface area contributed by atoms with E-state index in [4.69, 9.17) is 0 Å². The Morgan fingerprint density at radius 2 is 1.63 bits per heavy atom. The maximum atomic E-state index is 11.7. The summed E-state index contributed by atoms with van der Waals surface area (Å²) in [5.74, 6) is 1.05. The first-order valence-electron chi connectivity index (χ1n) is 12.6. The molecule has 30 heavy (non-hydrogen) atoms. The Labute approximate surface area is 186 Å². The zero-order chi connectivity index (χ0) is 22.2. The molecule has 0 spiro atoms. The predicted octanol–water partition coefficient (Wildman–Crippen LogP) is 4.98. The van der Waals surface area contributed by atoms with Gasteiger partial charge in [0.05, 0.1) is 0 Å². The van der Waals surface area contributed by atoms with Gasteiger partial charge in [-0.1, -0.05) is 54.9 Å². The fraction of sp³-hybridized carbons (Fsp3) is 0.962. The molecule has 174 valence electrons. The van der Waals surface area contributed by atoms with Crippen LogP contribution in [0.2, 0.25) is 0 Å². The minimum absolute atomic E-state index is 0.155. The highest BCUT2D eigenvalue weighted by Gasteiger charge is 2.41. The van der Waals surface area contributed by atoms with Gasteiger partial charge in [-0.2, -0.15) is 0 Å². The summed E-state index contributed by atoms with van der Waals surface area (Å²) in [6.45, 7) is 20.6. The summed E-state index contributed by atoms with van der Waals surface area (Å²) in [4.78, 5) is 14.5. The van der Waals surface area contributed by atoms with Crippen LogP contribution in [0.4, 0.5) is 0 Å². The predicted molar refractivity (Wildman–Crippen MR) is 127 cm³/mol. The van der Waals surface area contributed by atoms with Crippen LogP contribution in [-0.4, -0.2) is 48.6 Å². The third kappa shape index (κ3) is 6.00. The Bertz CT molecular complexity index is 592. The van der Waals surface area contributed by atoms with E-state index in [-0.39, 0.29) is 16.7 Å². The van der Waals surface area contributed by atoms with Gasteiger partial charge in [-0.05, 0) is 67.2 Å². The van der Waals surface area contributed by atoms with Gasteiger partial charge in [0.25, 0.3) is 0 Å². The molecular weight excluding hydrogens is 370 g/mol. The van der Waals surface area contributed by atoms with E-state index in [1.807, 2.05) is 0 Å². The summed E-state index contributed by atoms with van der Waals surface area (Å²) in [5, 5.41) is 7.30. The van der Waals surface area contributed by atoms with Crippen molar-refractivity contribution in [3.05, 3.63) is 0 Å². The second-order valence-corrected chi connectivity index (χ2v) is 13.1. The molecule has 3 aliphatic heterocycles. The number of nitrogens with one attached hydrogen (secondary N) is 2. The number of likely N-dealkylation sites (tertiary alicyclic amines) is 1. The average Bonchev–Trinajstić information content (AvgIpc) is 3.08. The lowest BCUT2D eigenvalue weighted by Gasteiger charge is -2.47. The third-order valence-electron chi connectivity index (χ3n) is 8.50. The van der Waals surface area contributed by atoms with Crippen molar-refractivity contribution < 1.29 is 4.79 Å². The van der Waals surface area contributed by atoms with E-state index in [9.17, 15) is 4.79 Å². The van der Waals surface area contributed by atoms with Gasteiger partial charge in [0.2, 0.25) is 5.91 Å². The van der Waals surface area contributed by atoms with Crippen LogP contribution >= 0.6 is 0 Å². The molecule has 0 aromatic carbocycles. The first-order chi connectivity index (χ1) is 13.9. The van der Waals surface area contributed by atoms with E-state index in [1.165, 1.54) is 51.7 Å². The molecule has 4 atom stereocenters. The molecule has 4 heteroatoms. The average molecular weight is 420 g/mol. The molecule has 0 aliphatic carbocycles. The lowest BCUT2D eigenvalue weighted by Crippen LogP contribution is -2.56. The van der Waals surface area contributed by atoms with Gasteiger partial charge < -0.3 is 15.5 Å². The normalized spacial score (nSPS) is 32.3. The zero-order valence-electron chi connectivity index (χ0n) is 20.9. The van der Waals surface area contributed by atoms with Crippen molar-refractivity contribution >= 4 is 5.91 Å². The first-order valence-corrected chi connectivity index (χ1v) is 12.6. The SMILES string of the molecule is CC(C)(C)C1CCCN(CC(C)(C)C2CCCC(CC(C)(C)C3CCC(=O)N3)N2)C1. The van der Waals surface area contributed by atoms with Crippen molar-refractivity contribution in [3.63, 3.8) is 0 Å². The molecule has 0 saturated carbocycles. The summed E-state index contributed by atoms with van der Waals surface area (Å²) in [5.41, 5.74) is 0.852. The number of carbonyl (C=O) groups is 1. The monoisotopic (exact) mass is 419 g/mol. The van der Waals surface area contributed by atoms with E-state index >= 15 is 0 Å². The lowest BCUT2D eigenvalue weighted by molar-refractivity contribution is -0.119. The number of hydrogen-bond donors (Lipinski definition) is 2. The van der Waals surface area contributed by atoms with E-state index < -0.39 is 0 Å². The van der Waals surface area contributed by atoms with Gasteiger partial charge in [-0.15, -0.1) is 0 Å². The van der Waals surface area contributed by atoms with Gasteiger partial charge in [-0.3, -0.25) is 4.79 Å². The molecule has 3 heterocycles. The molecule has 4 unspecified atom stereocenters. The minimum Gasteiger partial charge on any atom is -0.353 e. The highest BCUT2D eigenvalue weighted by atomic mass is 16.1. The number of nitrogens with zero attached hydrogens (tertiary/aromatic N) is 1. The highest BCUT2D eigenvalue weighted by Crippen LogP contribution is 2.38. The van der Waals surface area contributed by atoms with Crippen molar-refractivity contribution in [2.75, 3.05) is 19.6 Å². The number of amides is 1. The van der Waals surface area contributed by atoms with Gasteiger partial charge >= 0.3 is 0 Å². The fourth-order valence-electron chi connectivity index (χ4n) is 6.37. The molecule has 0 aromatic heterocycles. The lowest BCUT2D eigenvalue weighted by atomic mass is 9.72. The van der Waals surface area contributed by atoms with Gasteiger partial charge in [0.15, 0.2) is 0 Å². The van der Waals surface area contributed by atoms with Crippen LogP contribution in [0.15, 0.2) is 0 Å². The number of hydrogen-bond acceptors (Lipinski definition) is 3. The zero-order valence-corrected chi connectivity index (χ0v) is 20.9. The molecular formula is C26H49N3O. The number of piperidine rings is 2. The highest BCUT2D eigenvalue weighted by molar-refractivity contribution is 5.78. The van der Waals surface area contributed by atoms with Crippen molar-refractivity contribution in [3.8, 4) is 0 Å². The van der Waals surface area contributed by atoms with Crippen molar-refractivity contribution in [1.82, 2.24) is 15.5 Å². The van der Waals surface area contributed by atoms with Crippen LogP contribution < -0.4 is 10.6 Å². The molecule has 0 bridgehead atoms. The van der Waals surface area contributed by atoms with Crippen molar-refractivity contribution in [2.24, 2.45) is 22.2 Å². The van der Waals surface area contributed by atoms with Crippen LogP contribution in [0, 0.1) is 22.2 Å². The smallest absolute Gasteiger partial charge is 0.220 e. The first kappa shape index (κ1) is 24.0. The van der Waals surface area contributed by atoms with Gasteiger partial charge in [-0.25, -0.2) is 0 Å². The summed E-state index contributed by atoms with van der Waals surface area (Å²) in [6, 6.07) is 1.49. The van der Waals surface area contributed by atoms with Crippen molar-refractivity contribution in [1.29, 1.82) is 0 Å². The van der Waals surface area contributed by atoms with Crippen LogP contribution in [0.3, 0.4) is 0 Å². The fourth-order valence-corrected chi connectivity index (χ4v) is 6.37. The minimum atomic E-state index is 0.155. The summed E-state index contributed by atoms with van der Waals surface area (Å²) in [6.07, 6.45) is 9.47. The van der Waals surface area contributed by atoms with Crippen LogP contribution in [0.1, 0.15) is 99.8 Å².